The molecule has 1 spiro atoms. The Morgan fingerprint density at radius 2 is 1.36 bits per heavy atom. The lowest BCUT2D eigenvalue weighted by molar-refractivity contribution is -0.00522. The number of methoxy groups -OCH3 is 2. The van der Waals surface area contributed by atoms with Crippen molar-refractivity contribution in [2.45, 2.75) is 106 Å². The average molecular weight is 828 g/mol. The van der Waals surface area contributed by atoms with Gasteiger partial charge in [-0.1, -0.05) is 117 Å². The molecule has 6 aromatic rings. The summed E-state index contributed by atoms with van der Waals surface area (Å²) in [6.45, 7) is 10.5. The highest BCUT2D eigenvalue weighted by atomic mass is 32.2. The summed E-state index contributed by atoms with van der Waals surface area (Å²) in [6, 6.07) is 38.0. The molecule has 2 fully saturated rings. The second kappa shape index (κ2) is 15.9. The molecule has 6 aromatic carbocycles. The van der Waals surface area contributed by atoms with Gasteiger partial charge in [0.1, 0.15) is 17.2 Å². The van der Waals surface area contributed by atoms with Crippen LogP contribution in [0.5, 0.6) is 17.2 Å². The van der Waals surface area contributed by atoms with Crippen molar-refractivity contribution >= 4 is 34.3 Å². The Morgan fingerprint density at radius 1 is 0.705 bits per heavy atom. The maximum absolute atomic E-state index is 7.88. The molecule has 6 heteroatoms. The number of rotatable bonds is 7. The van der Waals surface area contributed by atoms with Crippen LogP contribution in [0.2, 0.25) is 0 Å². The highest BCUT2D eigenvalue weighted by Crippen LogP contribution is 2.62. The summed E-state index contributed by atoms with van der Waals surface area (Å²) in [4.78, 5) is 4.83. The summed E-state index contributed by atoms with van der Waals surface area (Å²) < 4.78 is 26.0. The van der Waals surface area contributed by atoms with Gasteiger partial charge in [0.05, 0.1) is 31.3 Å². The molecule has 5 nitrogen and oxygen atoms in total. The van der Waals surface area contributed by atoms with Crippen molar-refractivity contribution in [1.82, 2.24) is 0 Å². The minimum absolute atomic E-state index is 0.105. The molecule has 312 valence electrons. The molecule has 4 aliphatic rings. The molecule has 0 aromatic heterocycles. The van der Waals surface area contributed by atoms with E-state index >= 15 is 0 Å². The van der Waals surface area contributed by atoms with Gasteiger partial charge in [0, 0.05) is 51.2 Å². The molecule has 0 radical (unpaired) electrons. The fourth-order valence-electron chi connectivity index (χ4n) is 11.1. The molecular weight excluding hydrogens is 771 g/mol. The first kappa shape index (κ1) is 39.9. The van der Waals surface area contributed by atoms with Crippen molar-refractivity contribution < 1.29 is 18.9 Å². The average Bonchev–Trinajstić information content (AvgIpc) is 3.56. The van der Waals surface area contributed by atoms with Crippen LogP contribution < -0.4 is 19.1 Å². The third kappa shape index (κ3) is 6.73. The molecule has 2 heterocycles. The Kier molecular flexibility index (Phi) is 10.4. The predicted octanol–water partition coefficient (Wildman–Crippen LogP) is 13.6. The zero-order chi connectivity index (χ0) is 41.9. The molecule has 3 atom stereocenters. The van der Waals surface area contributed by atoms with Crippen LogP contribution in [-0.2, 0) is 15.8 Å². The SMILES string of the molecule is COc1ccc(C2(c3ccc(N4CC(C)OC(C)C4)cc3)C=Cc3c4c(c5cc(Sc6c(C)cccc6C)c(OC)cc5c3O2)-c2ccccc2C42CCCCCCC2)cc1. The summed E-state index contributed by atoms with van der Waals surface area (Å²) in [5.74, 6) is 2.58. The van der Waals surface area contributed by atoms with Crippen molar-refractivity contribution in [3.63, 3.8) is 0 Å². The second-order valence-electron chi connectivity index (χ2n) is 17.9. The van der Waals surface area contributed by atoms with E-state index in [1.54, 1.807) is 14.2 Å². The largest absolute Gasteiger partial charge is 0.497 e. The molecule has 3 unspecified atom stereocenters. The highest BCUT2D eigenvalue weighted by Gasteiger charge is 2.48. The lowest BCUT2D eigenvalue weighted by atomic mass is 9.67. The van der Waals surface area contributed by atoms with E-state index in [1.807, 2.05) is 11.8 Å². The first-order valence-corrected chi connectivity index (χ1v) is 23.1. The van der Waals surface area contributed by atoms with Gasteiger partial charge in [-0.3, -0.25) is 0 Å². The summed E-state index contributed by atoms with van der Waals surface area (Å²) >= 11 is 1.81. The van der Waals surface area contributed by atoms with Crippen molar-refractivity contribution in [2.75, 3.05) is 32.2 Å². The lowest BCUT2D eigenvalue weighted by Crippen LogP contribution is -2.45. The minimum Gasteiger partial charge on any atom is -0.497 e. The second-order valence-corrected chi connectivity index (χ2v) is 18.9. The normalized spacial score (nSPS) is 21.6. The van der Waals surface area contributed by atoms with Gasteiger partial charge in [0.15, 0.2) is 5.60 Å². The standard InChI is InChI=1S/C55H57NO4S/c1-35-15-14-16-36(2)53(35)61-49-32-45-46(31-48(49)58-6)52-44(51-50(45)43-17-10-11-18-47(43)54(51)28-12-8-7-9-13-29-54)27-30-55(60-52,40-21-25-42(57-5)26-22-40)39-19-23-41(24-20-39)56-33-37(3)59-38(4)34-56/h10-11,14-27,30-32,37-38H,7-9,12-13,28-29,33-34H2,1-6H3. The number of fused-ring (bicyclic) bond motifs is 10. The molecule has 0 bridgehead atoms. The van der Waals surface area contributed by atoms with E-state index in [1.165, 1.54) is 87.0 Å². The van der Waals surface area contributed by atoms with Crippen LogP contribution in [0.4, 0.5) is 5.69 Å². The minimum atomic E-state index is -0.914. The van der Waals surface area contributed by atoms with Crippen molar-refractivity contribution in [2.24, 2.45) is 0 Å². The Morgan fingerprint density at radius 3 is 2.03 bits per heavy atom. The lowest BCUT2D eigenvalue weighted by Gasteiger charge is -2.41. The molecular formula is C55H57NO4S. The van der Waals surface area contributed by atoms with Gasteiger partial charge < -0.3 is 23.8 Å². The van der Waals surface area contributed by atoms with Gasteiger partial charge in [-0.05, 0) is 122 Å². The van der Waals surface area contributed by atoms with Crippen LogP contribution in [-0.4, -0.2) is 39.5 Å². The number of hydrogen-bond acceptors (Lipinski definition) is 6. The van der Waals surface area contributed by atoms with Gasteiger partial charge >= 0.3 is 0 Å². The van der Waals surface area contributed by atoms with Crippen molar-refractivity contribution in [3.05, 3.63) is 148 Å². The van der Waals surface area contributed by atoms with E-state index in [4.69, 9.17) is 18.9 Å². The van der Waals surface area contributed by atoms with Crippen LogP contribution in [0.15, 0.2) is 119 Å². The zero-order valence-corrected chi connectivity index (χ0v) is 37.3. The molecule has 2 aliphatic heterocycles. The summed E-state index contributed by atoms with van der Waals surface area (Å²) in [5.41, 5.74) is 11.7. The van der Waals surface area contributed by atoms with E-state index in [0.29, 0.717) is 0 Å². The molecule has 0 amide bonds. The van der Waals surface area contributed by atoms with Crippen LogP contribution in [0.1, 0.15) is 97.7 Å². The monoisotopic (exact) mass is 827 g/mol. The molecule has 10 rings (SSSR count). The van der Waals surface area contributed by atoms with Gasteiger partial charge in [0.25, 0.3) is 0 Å². The molecule has 61 heavy (non-hydrogen) atoms. The predicted molar refractivity (Wildman–Crippen MR) is 251 cm³/mol. The first-order chi connectivity index (χ1) is 29.7. The van der Waals surface area contributed by atoms with Crippen LogP contribution in [0, 0.1) is 13.8 Å². The fraction of sp³-hybridized carbons (Fsp3) is 0.345. The van der Waals surface area contributed by atoms with Gasteiger partial charge in [-0.25, -0.2) is 0 Å². The number of benzene rings is 6. The molecule has 2 aliphatic carbocycles. The van der Waals surface area contributed by atoms with Crippen molar-refractivity contribution in [3.8, 4) is 28.4 Å². The van der Waals surface area contributed by atoms with Crippen LogP contribution >= 0.6 is 11.8 Å². The quantitative estimate of drug-likeness (QED) is 0.160. The summed E-state index contributed by atoms with van der Waals surface area (Å²) in [7, 11) is 3.52. The van der Waals surface area contributed by atoms with Gasteiger partial charge in [0.2, 0.25) is 0 Å². The van der Waals surface area contributed by atoms with Gasteiger partial charge in [-0.15, -0.1) is 0 Å². The zero-order valence-electron chi connectivity index (χ0n) is 36.5. The molecule has 1 saturated carbocycles. The van der Waals surface area contributed by atoms with Crippen molar-refractivity contribution in [1.29, 1.82) is 0 Å². The number of morpholine rings is 1. The highest BCUT2D eigenvalue weighted by molar-refractivity contribution is 7.99. The number of hydrogen-bond donors (Lipinski definition) is 0. The fourth-order valence-corrected chi connectivity index (χ4v) is 12.2. The topological polar surface area (TPSA) is 40.2 Å². The maximum Gasteiger partial charge on any atom is 0.178 e. The van der Waals surface area contributed by atoms with E-state index in [9.17, 15) is 0 Å². The Hall–Kier alpha value is -5.17. The van der Waals surface area contributed by atoms with E-state index in [0.717, 1.165) is 64.6 Å². The molecule has 0 N–H and O–H groups in total. The Balaban J connectivity index is 1.23. The van der Waals surface area contributed by atoms with E-state index in [-0.39, 0.29) is 17.6 Å². The number of aryl methyl sites for hydroxylation is 2. The maximum atomic E-state index is 7.88. The van der Waals surface area contributed by atoms with Crippen LogP contribution in [0.25, 0.3) is 28.0 Å². The van der Waals surface area contributed by atoms with Crippen LogP contribution in [0.3, 0.4) is 0 Å². The van der Waals surface area contributed by atoms with E-state index < -0.39 is 5.60 Å². The Labute approximate surface area is 366 Å². The number of nitrogens with zero attached hydrogens (tertiary/aromatic N) is 1. The van der Waals surface area contributed by atoms with Gasteiger partial charge in [-0.2, -0.15) is 0 Å². The summed E-state index contributed by atoms with van der Waals surface area (Å²) in [5, 5.41) is 2.30. The Bertz CT molecular complexity index is 2610. The molecule has 1 saturated heterocycles. The number of ether oxygens (including phenoxy) is 4. The number of anilines is 1. The summed E-state index contributed by atoms with van der Waals surface area (Å²) in [6.07, 6.45) is 13.6. The third-order valence-electron chi connectivity index (χ3n) is 13.9. The van der Waals surface area contributed by atoms with E-state index in [2.05, 4.69) is 148 Å². The smallest absolute Gasteiger partial charge is 0.178 e. The first-order valence-electron chi connectivity index (χ1n) is 22.3. The third-order valence-corrected chi connectivity index (χ3v) is 15.3.